The van der Waals surface area contributed by atoms with Gasteiger partial charge in [-0.3, -0.25) is 9.38 Å². The van der Waals surface area contributed by atoms with E-state index in [1.165, 1.54) is 11.1 Å². The average Bonchev–Trinajstić information content (AvgIpc) is 3.04. The third-order valence-electron chi connectivity index (χ3n) is 3.25. The van der Waals surface area contributed by atoms with Crippen LogP contribution in [0.15, 0.2) is 30.6 Å². The van der Waals surface area contributed by atoms with Crippen molar-refractivity contribution in [3.8, 4) is 11.4 Å². The van der Waals surface area contributed by atoms with Crippen molar-refractivity contribution in [2.24, 2.45) is 0 Å². The van der Waals surface area contributed by atoms with E-state index in [1.54, 1.807) is 16.8 Å². The van der Waals surface area contributed by atoms with E-state index in [1.807, 2.05) is 6.07 Å². The van der Waals surface area contributed by atoms with Gasteiger partial charge >= 0.3 is 0 Å². The molecule has 0 fully saturated rings. The number of ether oxygens (including phenoxy) is 1. The fraction of sp³-hybridized carbons (Fsp3) is 0.154. The molecule has 3 aromatic rings. The van der Waals surface area contributed by atoms with Gasteiger partial charge in [0.1, 0.15) is 5.15 Å². The summed E-state index contributed by atoms with van der Waals surface area (Å²) in [4.78, 5) is 4.00. The molecule has 0 bridgehead atoms. The maximum atomic E-state index is 6.17. The summed E-state index contributed by atoms with van der Waals surface area (Å²) >= 11 is 6.17. The van der Waals surface area contributed by atoms with Gasteiger partial charge in [-0.25, -0.2) is 0 Å². The van der Waals surface area contributed by atoms with Crippen LogP contribution in [0.5, 0.6) is 0 Å². The van der Waals surface area contributed by atoms with Crippen LogP contribution in [0.1, 0.15) is 11.1 Å². The predicted molar refractivity (Wildman–Crippen MR) is 69.7 cm³/mol. The molecular formula is C13H9ClN4O. The van der Waals surface area contributed by atoms with Crippen molar-refractivity contribution >= 4 is 17.2 Å². The molecule has 1 aliphatic rings. The fourth-order valence-corrected chi connectivity index (χ4v) is 2.53. The number of rotatable bonds is 1. The highest BCUT2D eigenvalue weighted by molar-refractivity contribution is 6.29. The first-order valence-corrected chi connectivity index (χ1v) is 6.25. The van der Waals surface area contributed by atoms with Gasteiger partial charge in [0, 0.05) is 5.56 Å². The van der Waals surface area contributed by atoms with Gasteiger partial charge in [0.05, 0.1) is 25.6 Å². The number of halogens is 1. The summed E-state index contributed by atoms with van der Waals surface area (Å²) < 4.78 is 7.20. The summed E-state index contributed by atoms with van der Waals surface area (Å²) in [5.74, 6) is 0.720. The minimum atomic E-state index is 0.495. The van der Waals surface area contributed by atoms with Gasteiger partial charge < -0.3 is 4.74 Å². The highest BCUT2D eigenvalue weighted by atomic mass is 35.5. The highest BCUT2D eigenvalue weighted by Crippen LogP contribution is 2.27. The van der Waals surface area contributed by atoms with Crippen LogP contribution in [-0.4, -0.2) is 19.6 Å². The summed E-state index contributed by atoms with van der Waals surface area (Å²) in [6, 6.07) is 6.16. The summed E-state index contributed by atoms with van der Waals surface area (Å²) in [5, 5.41) is 8.78. The largest absolute Gasteiger partial charge is 0.372 e. The molecule has 6 heteroatoms. The van der Waals surface area contributed by atoms with Gasteiger partial charge in [0.2, 0.25) is 0 Å². The van der Waals surface area contributed by atoms with Crippen molar-refractivity contribution in [2.45, 2.75) is 13.2 Å². The molecule has 0 saturated carbocycles. The second-order valence-electron chi connectivity index (χ2n) is 4.42. The van der Waals surface area contributed by atoms with Gasteiger partial charge in [-0.15, -0.1) is 10.2 Å². The Balaban J connectivity index is 1.95. The van der Waals surface area contributed by atoms with Crippen LogP contribution >= 0.6 is 11.6 Å². The molecule has 2 aromatic heterocycles. The van der Waals surface area contributed by atoms with Gasteiger partial charge in [-0.2, -0.15) is 0 Å². The zero-order valence-electron chi connectivity index (χ0n) is 9.88. The van der Waals surface area contributed by atoms with E-state index in [2.05, 4.69) is 27.3 Å². The summed E-state index contributed by atoms with van der Waals surface area (Å²) in [7, 11) is 0. The Labute approximate surface area is 113 Å². The first-order chi connectivity index (χ1) is 9.33. The van der Waals surface area contributed by atoms with Crippen LogP contribution in [-0.2, 0) is 18.0 Å². The second kappa shape index (κ2) is 4.01. The summed E-state index contributed by atoms with van der Waals surface area (Å²) in [6.45, 7) is 1.33. The van der Waals surface area contributed by atoms with Gasteiger partial charge in [-0.05, 0) is 17.2 Å². The Kier molecular flexibility index (Phi) is 2.30. The molecule has 94 valence electrons. The van der Waals surface area contributed by atoms with E-state index in [-0.39, 0.29) is 0 Å². The number of benzene rings is 1. The standard InChI is InChI=1S/C13H9ClN4O/c14-11-4-15-5-12-16-17-13(18(11)12)8-1-2-9-6-19-7-10(9)3-8/h1-5H,6-7H2. The van der Waals surface area contributed by atoms with E-state index in [9.17, 15) is 0 Å². The van der Waals surface area contributed by atoms with E-state index < -0.39 is 0 Å². The number of hydrogen-bond donors (Lipinski definition) is 0. The lowest BCUT2D eigenvalue weighted by Gasteiger charge is -2.03. The Bertz CT molecular complexity index is 783. The monoisotopic (exact) mass is 272 g/mol. The number of nitrogens with zero attached hydrogens (tertiary/aromatic N) is 4. The van der Waals surface area contributed by atoms with E-state index in [0.717, 1.165) is 11.4 Å². The number of aromatic nitrogens is 4. The quantitative estimate of drug-likeness (QED) is 0.683. The highest BCUT2D eigenvalue weighted by Gasteiger charge is 2.15. The zero-order valence-corrected chi connectivity index (χ0v) is 10.6. The first-order valence-electron chi connectivity index (χ1n) is 5.87. The Morgan fingerprint density at radius 2 is 2.00 bits per heavy atom. The van der Waals surface area contributed by atoms with Crippen LogP contribution < -0.4 is 0 Å². The van der Waals surface area contributed by atoms with Crippen molar-refractivity contribution in [2.75, 3.05) is 0 Å². The third kappa shape index (κ3) is 1.63. The molecule has 4 rings (SSSR count). The third-order valence-corrected chi connectivity index (χ3v) is 3.52. The normalized spacial score (nSPS) is 13.9. The molecule has 1 aliphatic heterocycles. The maximum absolute atomic E-state index is 6.17. The SMILES string of the molecule is Clc1cncc2nnc(-c3ccc4c(c3)COC4)n12. The van der Waals surface area contributed by atoms with Crippen molar-refractivity contribution in [1.29, 1.82) is 0 Å². The molecular weight excluding hydrogens is 264 g/mol. The van der Waals surface area contributed by atoms with Crippen LogP contribution in [0.3, 0.4) is 0 Å². The Morgan fingerprint density at radius 3 is 2.95 bits per heavy atom. The lowest BCUT2D eigenvalue weighted by molar-refractivity contribution is 0.134. The molecule has 19 heavy (non-hydrogen) atoms. The molecule has 0 N–H and O–H groups in total. The van der Waals surface area contributed by atoms with Gasteiger partial charge in [0.25, 0.3) is 0 Å². The van der Waals surface area contributed by atoms with E-state index >= 15 is 0 Å². The van der Waals surface area contributed by atoms with E-state index in [4.69, 9.17) is 16.3 Å². The predicted octanol–water partition coefficient (Wildman–Crippen LogP) is 2.47. The number of fused-ring (bicyclic) bond motifs is 2. The van der Waals surface area contributed by atoms with Crippen molar-refractivity contribution < 1.29 is 4.74 Å². The molecule has 0 amide bonds. The molecule has 0 radical (unpaired) electrons. The Hall–Kier alpha value is -1.98. The van der Waals surface area contributed by atoms with Crippen LogP contribution in [0.25, 0.3) is 17.0 Å². The van der Waals surface area contributed by atoms with Crippen LogP contribution in [0, 0.1) is 0 Å². The topological polar surface area (TPSA) is 52.3 Å². The minimum Gasteiger partial charge on any atom is -0.372 e. The fourth-order valence-electron chi connectivity index (χ4n) is 2.31. The smallest absolute Gasteiger partial charge is 0.180 e. The Morgan fingerprint density at radius 1 is 1.11 bits per heavy atom. The van der Waals surface area contributed by atoms with Crippen molar-refractivity contribution in [3.63, 3.8) is 0 Å². The molecule has 5 nitrogen and oxygen atoms in total. The first kappa shape index (κ1) is 10.9. The van der Waals surface area contributed by atoms with Crippen LogP contribution in [0.4, 0.5) is 0 Å². The lowest BCUT2D eigenvalue weighted by Crippen LogP contribution is -1.93. The molecule has 0 aliphatic carbocycles. The lowest BCUT2D eigenvalue weighted by atomic mass is 10.1. The molecule has 1 aromatic carbocycles. The summed E-state index contributed by atoms with van der Waals surface area (Å²) in [5.41, 5.74) is 4.04. The van der Waals surface area contributed by atoms with Gasteiger partial charge in [0.15, 0.2) is 11.5 Å². The minimum absolute atomic E-state index is 0.495. The number of hydrogen-bond acceptors (Lipinski definition) is 4. The molecule has 0 saturated heterocycles. The van der Waals surface area contributed by atoms with E-state index in [0.29, 0.717) is 24.0 Å². The molecule has 3 heterocycles. The molecule has 0 spiro atoms. The van der Waals surface area contributed by atoms with Gasteiger partial charge in [-0.1, -0.05) is 23.7 Å². The second-order valence-corrected chi connectivity index (χ2v) is 4.81. The van der Waals surface area contributed by atoms with Crippen molar-refractivity contribution in [3.05, 3.63) is 46.9 Å². The van der Waals surface area contributed by atoms with Crippen LogP contribution in [0.2, 0.25) is 5.15 Å². The maximum Gasteiger partial charge on any atom is 0.180 e. The summed E-state index contributed by atoms with van der Waals surface area (Å²) in [6.07, 6.45) is 3.22. The zero-order chi connectivity index (χ0) is 12.8. The van der Waals surface area contributed by atoms with Crippen molar-refractivity contribution in [1.82, 2.24) is 19.6 Å². The molecule has 0 atom stereocenters. The average molecular weight is 273 g/mol. The molecule has 0 unspecified atom stereocenters.